The fourth-order valence-electron chi connectivity index (χ4n) is 2.15. The minimum atomic E-state index is -1.19. The predicted molar refractivity (Wildman–Crippen MR) is 103 cm³/mol. The second-order valence-corrected chi connectivity index (χ2v) is 6.19. The van der Waals surface area contributed by atoms with Crippen molar-refractivity contribution >= 4 is 52.1 Å². The Labute approximate surface area is 164 Å². The van der Waals surface area contributed by atoms with E-state index in [0.29, 0.717) is 0 Å². The Bertz CT molecular complexity index is 884. The molecule has 0 aliphatic carbocycles. The third-order valence-electron chi connectivity index (χ3n) is 3.56. The van der Waals surface area contributed by atoms with Gasteiger partial charge in [0.1, 0.15) is 5.69 Å². The summed E-state index contributed by atoms with van der Waals surface area (Å²) in [4.78, 5) is 34.9. The predicted octanol–water partition coefficient (Wildman–Crippen LogP) is 4.13. The van der Waals surface area contributed by atoms with E-state index in [1.54, 1.807) is 18.2 Å². The second-order valence-electron chi connectivity index (χ2n) is 5.37. The van der Waals surface area contributed by atoms with Crippen LogP contribution in [0, 0.1) is 10.1 Å². The van der Waals surface area contributed by atoms with Crippen molar-refractivity contribution in [1.29, 1.82) is 0 Å². The lowest BCUT2D eigenvalue weighted by atomic mass is 10.1. The number of carbonyl (C=O) groups excluding carboxylic acids is 2. The number of para-hydroxylation sites is 1. The minimum absolute atomic E-state index is 0.0591. The zero-order chi connectivity index (χ0) is 20.1. The van der Waals surface area contributed by atoms with E-state index in [2.05, 4.69) is 10.6 Å². The lowest BCUT2D eigenvalue weighted by Gasteiger charge is -2.15. The van der Waals surface area contributed by atoms with Gasteiger partial charge in [0.15, 0.2) is 6.10 Å². The molecule has 1 amide bonds. The van der Waals surface area contributed by atoms with Crippen LogP contribution >= 0.6 is 23.2 Å². The van der Waals surface area contributed by atoms with Gasteiger partial charge in [-0.05, 0) is 31.2 Å². The molecule has 0 saturated heterocycles. The van der Waals surface area contributed by atoms with Crippen LogP contribution in [-0.4, -0.2) is 30.0 Å². The van der Waals surface area contributed by atoms with Gasteiger partial charge in [0.05, 0.1) is 26.2 Å². The van der Waals surface area contributed by atoms with Crippen LogP contribution in [0.2, 0.25) is 10.0 Å². The van der Waals surface area contributed by atoms with Crippen LogP contribution in [0.4, 0.5) is 17.1 Å². The number of rotatable bonds is 6. The molecule has 10 heteroatoms. The topological polar surface area (TPSA) is 111 Å². The van der Waals surface area contributed by atoms with E-state index < -0.39 is 22.9 Å². The molecule has 0 bridgehead atoms. The lowest BCUT2D eigenvalue weighted by Crippen LogP contribution is -2.30. The molecule has 27 heavy (non-hydrogen) atoms. The third-order valence-corrected chi connectivity index (χ3v) is 4.19. The molecule has 0 fully saturated rings. The summed E-state index contributed by atoms with van der Waals surface area (Å²) in [6.07, 6.45) is -1.19. The number of hydrogen-bond acceptors (Lipinski definition) is 6. The molecular formula is C17H15Cl2N3O5. The number of hydrogen-bond donors (Lipinski definition) is 2. The maximum atomic E-state index is 12.2. The standard InChI is InChI=1S/C17H15Cl2N3O5/c1-9(16(23)21-15-11(18)4-3-5-12(15)19)27-17(24)10-6-7-13(20-2)14(8-10)22(25)26/h3-9,20H,1-2H3,(H,21,23)/t9-/m0/s1. The Hall–Kier alpha value is -2.84. The average molecular weight is 412 g/mol. The lowest BCUT2D eigenvalue weighted by molar-refractivity contribution is -0.384. The van der Waals surface area contributed by atoms with Crippen LogP contribution in [0.25, 0.3) is 0 Å². The van der Waals surface area contributed by atoms with E-state index in [1.165, 1.54) is 26.1 Å². The van der Waals surface area contributed by atoms with Gasteiger partial charge in [0.25, 0.3) is 11.6 Å². The molecule has 8 nitrogen and oxygen atoms in total. The number of nitro benzene ring substituents is 1. The molecule has 142 valence electrons. The van der Waals surface area contributed by atoms with Gasteiger partial charge in [0, 0.05) is 13.1 Å². The van der Waals surface area contributed by atoms with E-state index in [-0.39, 0.29) is 32.7 Å². The Morgan fingerprint density at radius 3 is 2.37 bits per heavy atom. The molecule has 0 unspecified atom stereocenters. The summed E-state index contributed by atoms with van der Waals surface area (Å²) in [6, 6.07) is 8.51. The highest BCUT2D eigenvalue weighted by atomic mass is 35.5. The minimum Gasteiger partial charge on any atom is -0.449 e. The number of amides is 1. The fourth-order valence-corrected chi connectivity index (χ4v) is 2.64. The fraction of sp³-hybridized carbons (Fsp3) is 0.176. The maximum absolute atomic E-state index is 12.2. The molecule has 2 rings (SSSR count). The van der Waals surface area contributed by atoms with Gasteiger partial charge in [-0.25, -0.2) is 4.79 Å². The highest BCUT2D eigenvalue weighted by molar-refractivity contribution is 6.39. The Morgan fingerprint density at radius 1 is 1.19 bits per heavy atom. The van der Waals surface area contributed by atoms with Crippen molar-refractivity contribution in [2.45, 2.75) is 13.0 Å². The van der Waals surface area contributed by atoms with Gasteiger partial charge < -0.3 is 15.4 Å². The summed E-state index contributed by atoms with van der Waals surface area (Å²) >= 11 is 12.0. The second kappa shape index (κ2) is 8.70. The maximum Gasteiger partial charge on any atom is 0.339 e. The van der Waals surface area contributed by atoms with E-state index >= 15 is 0 Å². The van der Waals surface area contributed by atoms with Crippen molar-refractivity contribution < 1.29 is 19.2 Å². The van der Waals surface area contributed by atoms with Crippen LogP contribution in [0.3, 0.4) is 0 Å². The number of carbonyl (C=O) groups is 2. The molecule has 0 radical (unpaired) electrons. The van der Waals surface area contributed by atoms with Crippen molar-refractivity contribution in [3.8, 4) is 0 Å². The molecule has 0 spiro atoms. The van der Waals surface area contributed by atoms with E-state index in [4.69, 9.17) is 27.9 Å². The van der Waals surface area contributed by atoms with Gasteiger partial charge in [-0.3, -0.25) is 14.9 Å². The Kier molecular flexibility index (Phi) is 6.59. The van der Waals surface area contributed by atoms with Crippen LogP contribution in [0.15, 0.2) is 36.4 Å². The third kappa shape index (κ3) is 4.87. The van der Waals surface area contributed by atoms with Crippen molar-refractivity contribution in [2.24, 2.45) is 0 Å². The summed E-state index contributed by atoms with van der Waals surface area (Å²) < 4.78 is 5.08. The van der Waals surface area contributed by atoms with Crippen molar-refractivity contribution in [1.82, 2.24) is 0 Å². The quantitative estimate of drug-likeness (QED) is 0.419. The number of benzene rings is 2. The summed E-state index contributed by atoms with van der Waals surface area (Å²) in [6.45, 7) is 1.36. The van der Waals surface area contributed by atoms with Gasteiger partial charge >= 0.3 is 5.97 Å². The first kappa shape index (κ1) is 20.5. The van der Waals surface area contributed by atoms with Crippen LogP contribution in [0.1, 0.15) is 17.3 Å². The van der Waals surface area contributed by atoms with Crippen molar-refractivity contribution in [3.05, 3.63) is 62.1 Å². The number of halogens is 2. The Balaban J connectivity index is 2.12. The zero-order valence-corrected chi connectivity index (χ0v) is 15.8. The molecule has 2 aromatic carbocycles. The van der Waals surface area contributed by atoms with Gasteiger partial charge in [-0.2, -0.15) is 0 Å². The van der Waals surface area contributed by atoms with Gasteiger partial charge in [-0.15, -0.1) is 0 Å². The van der Waals surface area contributed by atoms with Crippen LogP contribution < -0.4 is 10.6 Å². The molecule has 1 atom stereocenters. The number of ether oxygens (including phenoxy) is 1. The van der Waals surface area contributed by atoms with Crippen LogP contribution in [0.5, 0.6) is 0 Å². The number of esters is 1. The molecule has 0 aliphatic rings. The summed E-state index contributed by atoms with van der Waals surface area (Å²) in [5.41, 5.74) is 0.0986. The number of nitrogens with zero attached hydrogens (tertiary/aromatic N) is 1. The zero-order valence-electron chi connectivity index (χ0n) is 14.3. The first-order chi connectivity index (χ1) is 12.7. The summed E-state index contributed by atoms with van der Waals surface area (Å²) in [5.74, 6) is -1.53. The SMILES string of the molecule is CNc1ccc(C(=O)O[C@@H](C)C(=O)Nc2c(Cl)cccc2Cl)cc1[N+](=O)[O-]. The van der Waals surface area contributed by atoms with Crippen molar-refractivity contribution in [3.63, 3.8) is 0 Å². The number of nitrogens with one attached hydrogen (secondary N) is 2. The largest absolute Gasteiger partial charge is 0.449 e. The summed E-state index contributed by atoms with van der Waals surface area (Å²) in [5, 5.41) is 16.7. The Morgan fingerprint density at radius 2 is 1.81 bits per heavy atom. The highest BCUT2D eigenvalue weighted by Gasteiger charge is 2.23. The van der Waals surface area contributed by atoms with Crippen molar-refractivity contribution in [2.75, 3.05) is 17.7 Å². The molecular weight excluding hydrogens is 397 g/mol. The summed E-state index contributed by atoms with van der Waals surface area (Å²) in [7, 11) is 1.52. The normalized spacial score (nSPS) is 11.4. The molecule has 0 aliphatic heterocycles. The van der Waals surface area contributed by atoms with E-state index in [0.717, 1.165) is 6.07 Å². The highest BCUT2D eigenvalue weighted by Crippen LogP contribution is 2.30. The molecule has 2 N–H and O–H groups in total. The first-order valence-corrected chi connectivity index (χ1v) is 8.42. The molecule has 2 aromatic rings. The molecule has 0 saturated carbocycles. The van der Waals surface area contributed by atoms with Gasteiger partial charge in [0.2, 0.25) is 0 Å². The first-order valence-electron chi connectivity index (χ1n) is 7.66. The monoisotopic (exact) mass is 411 g/mol. The van der Waals surface area contributed by atoms with Crippen LogP contribution in [-0.2, 0) is 9.53 Å². The van der Waals surface area contributed by atoms with Gasteiger partial charge in [-0.1, -0.05) is 29.3 Å². The molecule has 0 aromatic heterocycles. The van der Waals surface area contributed by atoms with E-state index in [9.17, 15) is 19.7 Å². The number of nitro groups is 1. The molecule has 0 heterocycles. The average Bonchev–Trinajstić information content (AvgIpc) is 2.63. The smallest absolute Gasteiger partial charge is 0.339 e. The van der Waals surface area contributed by atoms with E-state index in [1.807, 2.05) is 0 Å². The number of anilines is 2.